The Balaban J connectivity index is 0.00000686. The number of allylic oxidation sites excluding steroid dienone is 1. The van der Waals surface area contributed by atoms with Crippen LogP contribution < -0.4 is 15.3 Å². The molecule has 11 heterocycles. The molecule has 0 atom stereocenters. The van der Waals surface area contributed by atoms with Crippen molar-refractivity contribution in [2.24, 2.45) is 0 Å². The maximum Gasteiger partial charge on any atom is 2.00 e. The molecular weight excluding hydrogens is 1120 g/mol. The smallest absolute Gasteiger partial charge is 0.657 e. The largest absolute Gasteiger partial charge is 2.00 e. The van der Waals surface area contributed by atoms with E-state index in [4.69, 9.17) is 29.9 Å². The Kier molecular flexibility index (Phi) is 14.0. The number of fused-ring (bicyclic) bond motifs is 16. The van der Waals surface area contributed by atoms with Crippen molar-refractivity contribution in [1.82, 2.24) is 50.1 Å². The second kappa shape index (κ2) is 22.0. The Labute approximate surface area is 508 Å². The van der Waals surface area contributed by atoms with Crippen molar-refractivity contribution in [2.45, 2.75) is 46.5 Å². The van der Waals surface area contributed by atoms with Gasteiger partial charge >= 0.3 is 19.5 Å². The molecule has 0 fully saturated rings. The summed E-state index contributed by atoms with van der Waals surface area (Å²) in [6, 6.07) is 46.6. The van der Waals surface area contributed by atoms with E-state index in [1.165, 1.54) is 28.8 Å². The number of hydrogen-bond acceptors (Lipinski definition) is 7. The third kappa shape index (κ3) is 10.7. The summed E-state index contributed by atoms with van der Waals surface area (Å²) in [6.45, 7) is 11.0. The topological polar surface area (TPSA) is 178 Å². The van der Waals surface area contributed by atoms with Crippen molar-refractivity contribution in [1.29, 1.82) is 0 Å². The number of nitrogens with one attached hydrogen (secondary N) is 3. The third-order valence-corrected chi connectivity index (χ3v) is 15.9. The summed E-state index contributed by atoms with van der Waals surface area (Å²) < 4.78 is 0. The molecule has 14 rings (SSSR count). The average molecular weight is 1170 g/mol. The van der Waals surface area contributed by atoms with Crippen LogP contribution in [0, 0.1) is 32.6 Å². The first-order chi connectivity index (χ1) is 41.2. The van der Waals surface area contributed by atoms with Gasteiger partial charge in [0.1, 0.15) is 0 Å². The van der Waals surface area contributed by atoms with Crippen LogP contribution in [-0.4, -0.2) is 65.6 Å². The van der Waals surface area contributed by atoms with Crippen molar-refractivity contribution >= 4 is 97.8 Å². The molecule has 9 aromatic rings. The monoisotopic (exact) mass is 1170 g/mol. The molecule has 13 nitrogen and oxygen atoms in total. The van der Waals surface area contributed by atoms with E-state index in [0.717, 1.165) is 128 Å². The minimum absolute atomic E-state index is 0. The summed E-state index contributed by atoms with van der Waals surface area (Å²) >= 11 is 0. The molecule has 3 amide bonds. The number of benzene rings is 3. The van der Waals surface area contributed by atoms with Crippen molar-refractivity contribution in [3.05, 3.63) is 225 Å². The van der Waals surface area contributed by atoms with Crippen LogP contribution in [-0.2, 0) is 40.9 Å². The van der Waals surface area contributed by atoms with Crippen LogP contribution in [0.15, 0.2) is 152 Å². The van der Waals surface area contributed by atoms with Gasteiger partial charge in [-0.2, -0.15) is 0 Å². The van der Waals surface area contributed by atoms with Crippen molar-refractivity contribution in [3.63, 3.8) is 0 Å². The number of aromatic nitrogens is 8. The number of imide groups is 1. The molecular formula is C72H54N10O3Zn. The molecule has 14 heteroatoms. The first kappa shape index (κ1) is 54.9. The Bertz CT molecular complexity index is 4880. The molecule has 0 unspecified atom stereocenters. The van der Waals surface area contributed by atoms with E-state index in [0.29, 0.717) is 23.4 Å². The molecule has 5 aliphatic rings. The number of H-pyrrole nitrogens is 2. The van der Waals surface area contributed by atoms with Crippen LogP contribution in [0.3, 0.4) is 0 Å². The van der Waals surface area contributed by atoms with Gasteiger partial charge in [0.15, 0.2) is 0 Å². The zero-order chi connectivity index (χ0) is 58.1. The minimum atomic E-state index is -0.394. The Morgan fingerprint density at radius 1 is 0.593 bits per heavy atom. The Morgan fingerprint density at radius 3 is 1.88 bits per heavy atom. The molecule has 6 aromatic heterocycles. The molecule has 3 aromatic carbocycles. The second-order valence-electron chi connectivity index (χ2n) is 22.6. The maximum atomic E-state index is 13.4. The number of nitrogens with zero attached hydrogens (tertiary/aromatic N) is 7. The molecule has 3 N–H and O–H groups in total. The zero-order valence-electron chi connectivity index (χ0n) is 48.0. The number of carbonyl (C=O) groups is 3. The van der Waals surface area contributed by atoms with Gasteiger partial charge in [0.25, 0.3) is 17.7 Å². The first-order valence-corrected chi connectivity index (χ1v) is 28.3. The minimum Gasteiger partial charge on any atom is -0.657 e. The zero-order valence-corrected chi connectivity index (χ0v) is 51.0. The number of carbonyl (C=O) groups excluding carboxylic acids is 3. The fraction of sp³-hybridized carbons (Fsp3) is 0.125. The fourth-order valence-electron chi connectivity index (χ4n) is 11.9. The molecule has 0 aliphatic carbocycles. The predicted octanol–water partition coefficient (Wildman–Crippen LogP) is 13.2. The van der Waals surface area contributed by atoms with Gasteiger partial charge in [-0.3, -0.25) is 24.3 Å². The summed E-state index contributed by atoms with van der Waals surface area (Å²) in [5.74, 6) is 5.88. The van der Waals surface area contributed by atoms with E-state index in [1.54, 1.807) is 12.1 Å². The van der Waals surface area contributed by atoms with E-state index in [9.17, 15) is 14.4 Å². The number of rotatable bonds is 7. The predicted molar refractivity (Wildman–Crippen MR) is 338 cm³/mol. The first-order valence-electron chi connectivity index (χ1n) is 28.3. The van der Waals surface area contributed by atoms with Crippen molar-refractivity contribution < 1.29 is 33.9 Å². The average Bonchev–Trinajstić information content (AvgIpc) is 2.57. The number of aryl methyl sites for hydroxylation is 3. The van der Waals surface area contributed by atoms with Gasteiger partial charge < -0.3 is 25.3 Å². The number of amides is 3. The Hall–Kier alpha value is -10.3. The maximum absolute atomic E-state index is 13.4. The number of aromatic amines is 2. The van der Waals surface area contributed by atoms with Gasteiger partial charge in [-0.25, -0.2) is 15.0 Å². The van der Waals surface area contributed by atoms with Gasteiger partial charge in [-0.15, -0.1) is 22.1 Å². The summed E-state index contributed by atoms with van der Waals surface area (Å²) in [5.41, 5.74) is 24.1. The van der Waals surface area contributed by atoms with Gasteiger partial charge in [0.05, 0.1) is 39.7 Å². The van der Waals surface area contributed by atoms with Gasteiger partial charge in [-0.05, 0) is 157 Å². The van der Waals surface area contributed by atoms with Crippen LogP contribution in [0.25, 0.3) is 113 Å². The summed E-state index contributed by atoms with van der Waals surface area (Å²) in [4.78, 5) is 77.1. The molecule has 16 bridgehead atoms. The van der Waals surface area contributed by atoms with Crippen LogP contribution in [0.2, 0.25) is 0 Å². The standard InChI is InChI=1S/C72H56N10O3.Zn/c1-41-32-42(2)67(43(3)33-41)70-60-26-21-53(78-60)36-51-18-23-57(75-51)68(58-24-19-52(76-58)37-54-22-27-61(70)79-54)45-9-6-44(7-10-45)8-11-48-34-63-69(46-12-14-47(15-13-46)71(85)73-30-31-82-65(83)28-29-66(82)84)59-25-20-50(77-59)35-49-16-17-55(74-49)39-64-72(4,5)40-56(80-64)38-62(48)81-63;/h6-7,9-10,12-29,32-39H,30-31,40H2,1-5H3,(H5,73,74,75,76,77,78,79,80,81,83,84,85);/q;+2/p-2. The van der Waals surface area contributed by atoms with E-state index in [2.05, 4.69) is 128 Å². The van der Waals surface area contributed by atoms with Crippen LogP contribution in [0.5, 0.6) is 0 Å². The second-order valence-corrected chi connectivity index (χ2v) is 22.6. The summed E-state index contributed by atoms with van der Waals surface area (Å²) in [6.07, 6.45) is 13.4. The quantitative estimate of drug-likeness (QED) is 0.0796. The normalized spacial score (nSPS) is 13.8. The fourth-order valence-corrected chi connectivity index (χ4v) is 11.9. The molecule has 86 heavy (non-hydrogen) atoms. The summed E-state index contributed by atoms with van der Waals surface area (Å²) in [5, 5.41) is 2.84. The van der Waals surface area contributed by atoms with E-state index < -0.39 is 11.8 Å². The summed E-state index contributed by atoms with van der Waals surface area (Å²) in [7, 11) is 0. The van der Waals surface area contributed by atoms with Crippen LogP contribution in [0.1, 0.15) is 92.0 Å². The van der Waals surface area contributed by atoms with Crippen molar-refractivity contribution in [2.75, 3.05) is 13.1 Å². The Morgan fingerprint density at radius 2 is 1.20 bits per heavy atom. The van der Waals surface area contributed by atoms with E-state index in [-0.39, 0.29) is 43.9 Å². The van der Waals surface area contributed by atoms with Gasteiger partial charge in [0, 0.05) is 87.2 Å². The van der Waals surface area contributed by atoms with E-state index in [1.807, 2.05) is 91.0 Å². The SMILES string of the molecule is Cc1cc(C)c(-c2c3nc(cc4ccc([n-]4)c(-c4ccc(C#CC5=Cc6nc5cc5nc(cc7ccc(cc8ccc([nH]8)c6-c6ccc(C(=O)NCCN8C(=O)C=CC8=O)cc6)[nH]7)C(C)(C)C5)cc4)c4nc(cc5ccc2[n-]5)C=C4)C=C3)c(C)c1.[Zn+2]. The van der Waals surface area contributed by atoms with Crippen LogP contribution in [0.4, 0.5) is 0 Å². The molecule has 0 saturated heterocycles. The van der Waals surface area contributed by atoms with Gasteiger partial charge in [0.2, 0.25) is 0 Å². The molecule has 412 valence electrons. The van der Waals surface area contributed by atoms with Gasteiger partial charge in [-0.1, -0.05) is 104 Å². The van der Waals surface area contributed by atoms with Crippen LogP contribution >= 0.6 is 0 Å². The van der Waals surface area contributed by atoms with E-state index >= 15 is 0 Å². The third-order valence-electron chi connectivity index (χ3n) is 15.9. The van der Waals surface area contributed by atoms with Crippen molar-refractivity contribution in [3.8, 4) is 45.2 Å². The number of hydrogen-bond donors (Lipinski definition) is 3. The molecule has 0 radical (unpaired) electrons. The molecule has 5 aliphatic heterocycles. The molecule has 0 spiro atoms. The molecule has 0 saturated carbocycles.